The lowest BCUT2D eigenvalue weighted by Gasteiger charge is -2.23. The minimum atomic E-state index is -0.831. The molecule has 0 bridgehead atoms. The van der Waals surface area contributed by atoms with Crippen molar-refractivity contribution in [3.63, 3.8) is 0 Å². The Labute approximate surface area is 112 Å². The maximum Gasteiger partial charge on any atom is 0.308 e. The van der Waals surface area contributed by atoms with Crippen molar-refractivity contribution in [1.29, 1.82) is 0 Å². The van der Waals surface area contributed by atoms with Gasteiger partial charge in [0, 0.05) is 19.1 Å². The molecule has 1 aliphatic rings. The van der Waals surface area contributed by atoms with E-state index in [1.807, 2.05) is 13.8 Å². The maximum absolute atomic E-state index is 12.5. The molecular formula is C13H19N3O3. The van der Waals surface area contributed by atoms with Gasteiger partial charge >= 0.3 is 5.97 Å². The Morgan fingerprint density at radius 1 is 1.53 bits per heavy atom. The molecule has 1 saturated heterocycles. The van der Waals surface area contributed by atoms with Crippen molar-refractivity contribution in [3.05, 3.63) is 17.5 Å². The molecule has 0 radical (unpaired) electrons. The third kappa shape index (κ3) is 2.34. The lowest BCUT2D eigenvalue weighted by Crippen LogP contribution is -2.38. The predicted molar refractivity (Wildman–Crippen MR) is 68.9 cm³/mol. The number of aliphatic carboxylic acids is 1. The van der Waals surface area contributed by atoms with Crippen LogP contribution in [-0.2, 0) is 11.3 Å². The van der Waals surface area contributed by atoms with Gasteiger partial charge in [0.05, 0.1) is 11.6 Å². The maximum atomic E-state index is 12.5. The highest BCUT2D eigenvalue weighted by Gasteiger charge is 2.39. The summed E-state index contributed by atoms with van der Waals surface area (Å²) < 4.78 is 1.67. The molecule has 0 spiro atoms. The fraction of sp³-hybridized carbons (Fsp3) is 0.615. The Morgan fingerprint density at radius 2 is 2.21 bits per heavy atom. The van der Waals surface area contributed by atoms with Gasteiger partial charge in [0.2, 0.25) is 0 Å². The third-order valence-corrected chi connectivity index (χ3v) is 3.75. The SMILES string of the molecule is CCn1nc(C)cc1C(=O)N1CCC(C(=O)O)C1C. The van der Waals surface area contributed by atoms with E-state index in [4.69, 9.17) is 5.11 Å². The zero-order valence-electron chi connectivity index (χ0n) is 11.5. The van der Waals surface area contributed by atoms with Crippen LogP contribution in [0.2, 0.25) is 0 Å². The highest BCUT2D eigenvalue weighted by Crippen LogP contribution is 2.26. The van der Waals surface area contributed by atoms with E-state index in [2.05, 4.69) is 5.10 Å². The number of rotatable bonds is 3. The Kier molecular flexibility index (Phi) is 3.59. The number of carboxylic acids is 1. The summed E-state index contributed by atoms with van der Waals surface area (Å²) in [5.41, 5.74) is 1.34. The number of amides is 1. The highest BCUT2D eigenvalue weighted by atomic mass is 16.4. The Morgan fingerprint density at radius 3 is 2.74 bits per heavy atom. The van der Waals surface area contributed by atoms with E-state index in [1.54, 1.807) is 22.6 Å². The minimum Gasteiger partial charge on any atom is -0.481 e. The molecule has 2 atom stereocenters. The molecule has 1 fully saturated rings. The van der Waals surface area contributed by atoms with E-state index < -0.39 is 11.9 Å². The Hall–Kier alpha value is -1.85. The Bertz CT molecular complexity index is 509. The number of nitrogens with zero attached hydrogens (tertiary/aromatic N) is 3. The monoisotopic (exact) mass is 265 g/mol. The van der Waals surface area contributed by atoms with Crippen molar-refractivity contribution in [3.8, 4) is 0 Å². The molecule has 1 aliphatic heterocycles. The molecule has 104 valence electrons. The largest absolute Gasteiger partial charge is 0.481 e. The van der Waals surface area contributed by atoms with Crippen LogP contribution >= 0.6 is 0 Å². The Balaban J connectivity index is 2.23. The first-order valence-corrected chi connectivity index (χ1v) is 6.54. The van der Waals surface area contributed by atoms with Crippen molar-refractivity contribution >= 4 is 11.9 Å². The van der Waals surface area contributed by atoms with Gasteiger partial charge in [0.25, 0.3) is 5.91 Å². The van der Waals surface area contributed by atoms with Crippen molar-refractivity contribution in [1.82, 2.24) is 14.7 Å². The van der Waals surface area contributed by atoms with E-state index in [0.717, 1.165) is 5.69 Å². The van der Waals surface area contributed by atoms with Gasteiger partial charge in [-0.15, -0.1) is 0 Å². The first-order valence-electron chi connectivity index (χ1n) is 6.54. The number of carboxylic acid groups (broad SMARTS) is 1. The third-order valence-electron chi connectivity index (χ3n) is 3.75. The van der Waals surface area contributed by atoms with Gasteiger partial charge in [-0.3, -0.25) is 14.3 Å². The molecule has 1 amide bonds. The number of hydrogen-bond donors (Lipinski definition) is 1. The fourth-order valence-electron chi connectivity index (χ4n) is 2.66. The van der Waals surface area contributed by atoms with Crippen molar-refractivity contribution in [2.24, 2.45) is 5.92 Å². The predicted octanol–water partition coefficient (Wildman–Crippen LogP) is 1.15. The van der Waals surface area contributed by atoms with Crippen LogP contribution in [0, 0.1) is 12.8 Å². The number of aryl methyl sites for hydroxylation is 2. The van der Waals surface area contributed by atoms with Gasteiger partial charge in [0.1, 0.15) is 5.69 Å². The van der Waals surface area contributed by atoms with Crippen molar-refractivity contribution < 1.29 is 14.7 Å². The second-order valence-electron chi connectivity index (χ2n) is 4.96. The molecule has 2 unspecified atom stereocenters. The quantitative estimate of drug-likeness (QED) is 0.889. The van der Waals surface area contributed by atoms with Gasteiger partial charge < -0.3 is 10.0 Å². The lowest BCUT2D eigenvalue weighted by atomic mass is 10.0. The molecule has 6 heteroatoms. The molecule has 2 rings (SSSR count). The van der Waals surface area contributed by atoms with Gasteiger partial charge in [-0.25, -0.2) is 0 Å². The van der Waals surface area contributed by atoms with Crippen LogP contribution in [-0.4, -0.2) is 44.3 Å². The average molecular weight is 265 g/mol. The van der Waals surface area contributed by atoms with Crippen LogP contribution in [0.25, 0.3) is 0 Å². The number of carbonyl (C=O) groups excluding carboxylic acids is 1. The van der Waals surface area contributed by atoms with Gasteiger partial charge in [0.15, 0.2) is 0 Å². The summed E-state index contributed by atoms with van der Waals surface area (Å²) >= 11 is 0. The molecule has 1 aromatic rings. The zero-order chi connectivity index (χ0) is 14.2. The van der Waals surface area contributed by atoms with Gasteiger partial charge in [-0.05, 0) is 33.3 Å². The zero-order valence-corrected chi connectivity index (χ0v) is 11.5. The van der Waals surface area contributed by atoms with Crippen LogP contribution in [0.5, 0.6) is 0 Å². The first-order chi connectivity index (χ1) is 8.95. The molecule has 1 N–H and O–H groups in total. The van der Waals surface area contributed by atoms with Gasteiger partial charge in [-0.2, -0.15) is 5.10 Å². The molecule has 19 heavy (non-hydrogen) atoms. The first kappa shape index (κ1) is 13.6. The molecule has 0 aliphatic carbocycles. The summed E-state index contributed by atoms with van der Waals surface area (Å²) in [7, 11) is 0. The average Bonchev–Trinajstić information content (AvgIpc) is 2.91. The van der Waals surface area contributed by atoms with Crippen molar-refractivity contribution in [2.45, 2.75) is 39.8 Å². The molecule has 1 aromatic heterocycles. The normalized spacial score (nSPS) is 22.8. The van der Waals surface area contributed by atoms with Crippen LogP contribution < -0.4 is 0 Å². The molecule has 0 saturated carbocycles. The summed E-state index contributed by atoms with van der Waals surface area (Å²) in [4.78, 5) is 25.2. The smallest absolute Gasteiger partial charge is 0.308 e. The second kappa shape index (κ2) is 5.03. The fourth-order valence-corrected chi connectivity index (χ4v) is 2.66. The second-order valence-corrected chi connectivity index (χ2v) is 4.96. The van der Waals surface area contributed by atoms with E-state index in [0.29, 0.717) is 25.2 Å². The summed E-state index contributed by atoms with van der Waals surface area (Å²) in [6.45, 7) is 6.68. The van der Waals surface area contributed by atoms with Crippen LogP contribution in [0.4, 0.5) is 0 Å². The van der Waals surface area contributed by atoms with Crippen LogP contribution in [0.1, 0.15) is 36.5 Å². The van der Waals surface area contributed by atoms with Crippen LogP contribution in [0.15, 0.2) is 6.07 Å². The number of aromatic nitrogens is 2. The molecule has 2 heterocycles. The van der Waals surface area contributed by atoms with E-state index >= 15 is 0 Å². The van der Waals surface area contributed by atoms with E-state index in [9.17, 15) is 9.59 Å². The summed E-state index contributed by atoms with van der Waals surface area (Å²) in [5, 5.41) is 13.4. The van der Waals surface area contributed by atoms with E-state index in [-0.39, 0.29) is 11.9 Å². The standard InChI is InChI=1S/C13H19N3O3/c1-4-16-11(7-8(2)14-16)12(17)15-6-5-10(9(15)3)13(18)19/h7,9-10H,4-6H2,1-3H3,(H,18,19). The summed E-state index contributed by atoms with van der Waals surface area (Å²) in [5.74, 6) is -1.43. The topological polar surface area (TPSA) is 75.4 Å². The highest BCUT2D eigenvalue weighted by molar-refractivity contribution is 5.93. The number of carbonyl (C=O) groups is 2. The molecule has 0 aromatic carbocycles. The van der Waals surface area contributed by atoms with Crippen molar-refractivity contribution in [2.75, 3.05) is 6.54 Å². The molecular weight excluding hydrogens is 246 g/mol. The summed E-state index contributed by atoms with van der Waals surface area (Å²) in [6, 6.07) is 1.48. The lowest BCUT2D eigenvalue weighted by molar-refractivity contribution is -0.142. The molecule has 6 nitrogen and oxygen atoms in total. The van der Waals surface area contributed by atoms with Gasteiger partial charge in [-0.1, -0.05) is 0 Å². The number of hydrogen-bond acceptors (Lipinski definition) is 3. The number of likely N-dealkylation sites (tertiary alicyclic amines) is 1. The summed E-state index contributed by atoms with van der Waals surface area (Å²) in [6.07, 6.45) is 0.515. The minimum absolute atomic E-state index is 0.126. The van der Waals surface area contributed by atoms with E-state index in [1.165, 1.54) is 0 Å². The van der Waals surface area contributed by atoms with Crippen LogP contribution in [0.3, 0.4) is 0 Å².